The molecule has 0 saturated carbocycles. The monoisotopic (exact) mass is 313 g/mol. The third kappa shape index (κ3) is 2.79. The van der Waals surface area contributed by atoms with Crippen LogP contribution < -0.4 is 4.90 Å². The lowest BCUT2D eigenvalue weighted by molar-refractivity contribution is 0.601. The molecular weight excluding hydrogens is 294 g/mol. The number of hydrogen-bond donors (Lipinski definition) is 0. The molecule has 2 aromatic rings. The minimum atomic E-state index is -3.22. The van der Waals surface area contributed by atoms with Crippen molar-refractivity contribution in [2.75, 3.05) is 17.7 Å². The number of benzene rings is 2. The lowest BCUT2D eigenvalue weighted by Crippen LogP contribution is -2.11. The number of rotatable bonds is 3. The van der Waals surface area contributed by atoms with Crippen LogP contribution in [-0.2, 0) is 16.3 Å². The summed E-state index contributed by atoms with van der Waals surface area (Å²) < 4.78 is 23.7. The Hall–Kier alpha value is -2.07. The van der Waals surface area contributed by atoms with Crippen LogP contribution in [0.3, 0.4) is 0 Å². The summed E-state index contributed by atoms with van der Waals surface area (Å²) in [4.78, 5) is 2.55. The Morgan fingerprint density at radius 2 is 1.86 bits per heavy atom. The molecule has 0 fully saturated rings. The van der Waals surface area contributed by atoms with Crippen molar-refractivity contribution < 1.29 is 8.42 Å². The van der Waals surface area contributed by atoms with E-state index in [0.29, 0.717) is 4.90 Å². The molecule has 22 heavy (non-hydrogen) atoms. The number of sulfone groups is 1. The molecule has 0 N–H and O–H groups in total. The number of fused-ring (bicyclic) bond motifs is 1. The van der Waals surface area contributed by atoms with Crippen molar-refractivity contribution in [2.24, 2.45) is 0 Å². The molecule has 0 saturated heterocycles. The molecular formula is C18H19NO2S. The predicted molar refractivity (Wildman–Crippen MR) is 90.8 cm³/mol. The highest BCUT2D eigenvalue weighted by Gasteiger charge is 2.18. The highest BCUT2D eigenvalue weighted by Crippen LogP contribution is 2.31. The second kappa shape index (κ2) is 5.61. The molecule has 1 heterocycles. The average molecular weight is 313 g/mol. The van der Waals surface area contributed by atoms with Gasteiger partial charge >= 0.3 is 0 Å². The van der Waals surface area contributed by atoms with Crippen LogP contribution in [0, 0.1) is 6.92 Å². The van der Waals surface area contributed by atoms with Crippen LogP contribution in [0.15, 0.2) is 53.6 Å². The molecule has 4 heteroatoms. The third-order valence-electron chi connectivity index (χ3n) is 4.05. The molecule has 0 aromatic heterocycles. The molecule has 0 radical (unpaired) electrons. The Balaban J connectivity index is 1.94. The second-order valence-corrected chi connectivity index (χ2v) is 7.63. The second-order valence-electron chi connectivity index (χ2n) is 5.64. The number of hydrogen-bond acceptors (Lipinski definition) is 3. The van der Waals surface area contributed by atoms with Crippen molar-refractivity contribution in [2.45, 2.75) is 18.2 Å². The zero-order chi connectivity index (χ0) is 15.7. The average Bonchev–Trinajstić information content (AvgIpc) is 2.89. The Morgan fingerprint density at radius 3 is 2.64 bits per heavy atom. The van der Waals surface area contributed by atoms with Crippen molar-refractivity contribution in [1.82, 2.24) is 0 Å². The van der Waals surface area contributed by atoms with Crippen molar-refractivity contribution >= 4 is 21.6 Å². The topological polar surface area (TPSA) is 37.4 Å². The van der Waals surface area contributed by atoms with Gasteiger partial charge in [0.25, 0.3) is 0 Å². The van der Waals surface area contributed by atoms with Gasteiger partial charge in [0.15, 0.2) is 9.84 Å². The smallest absolute Gasteiger partial charge is 0.176 e. The van der Waals surface area contributed by atoms with E-state index in [-0.39, 0.29) is 0 Å². The van der Waals surface area contributed by atoms with Crippen molar-refractivity contribution in [3.8, 4) is 0 Å². The van der Waals surface area contributed by atoms with Gasteiger partial charge in [-0.15, -0.1) is 0 Å². The van der Waals surface area contributed by atoms with Crippen molar-refractivity contribution in [3.63, 3.8) is 0 Å². The quantitative estimate of drug-likeness (QED) is 0.871. The maximum atomic E-state index is 11.8. The lowest BCUT2D eigenvalue weighted by Gasteiger charge is -2.14. The van der Waals surface area contributed by atoms with Gasteiger partial charge in [-0.2, -0.15) is 0 Å². The summed E-state index contributed by atoms with van der Waals surface area (Å²) in [6.07, 6.45) is 6.14. The first-order valence-electron chi connectivity index (χ1n) is 7.29. The van der Waals surface area contributed by atoms with Crippen LogP contribution >= 0.6 is 0 Å². The number of aryl methyl sites for hydroxylation is 1. The van der Waals surface area contributed by atoms with E-state index in [0.717, 1.165) is 18.5 Å². The van der Waals surface area contributed by atoms with Gasteiger partial charge in [0, 0.05) is 24.7 Å². The first-order valence-corrected chi connectivity index (χ1v) is 9.18. The fraction of sp³-hybridized carbons (Fsp3) is 0.222. The van der Waals surface area contributed by atoms with E-state index in [2.05, 4.69) is 30.0 Å². The number of anilines is 1. The highest BCUT2D eigenvalue weighted by atomic mass is 32.2. The predicted octanol–water partition coefficient (Wildman–Crippen LogP) is 3.43. The summed E-state index contributed by atoms with van der Waals surface area (Å²) in [5.74, 6) is 0. The standard InChI is InChI=1S/C18H19NO2S/c1-14-6-5-8-17-16(14)11-13-19(17)12-10-15-7-3-4-9-18(15)22(2,20)21/h3-10,12H,11,13H2,1-2H3. The van der Waals surface area contributed by atoms with E-state index in [4.69, 9.17) is 0 Å². The Bertz CT molecular complexity index is 838. The van der Waals surface area contributed by atoms with Gasteiger partial charge in [0.2, 0.25) is 0 Å². The van der Waals surface area contributed by atoms with E-state index >= 15 is 0 Å². The Labute approximate surface area is 131 Å². The van der Waals surface area contributed by atoms with Gasteiger partial charge in [-0.25, -0.2) is 8.42 Å². The molecule has 2 aromatic carbocycles. The SMILES string of the molecule is Cc1cccc2c1CCN2C=Cc1ccccc1S(C)(=O)=O. The van der Waals surface area contributed by atoms with Crippen LogP contribution in [0.4, 0.5) is 5.69 Å². The summed E-state index contributed by atoms with van der Waals surface area (Å²) in [6.45, 7) is 3.06. The maximum absolute atomic E-state index is 11.8. The molecule has 0 atom stereocenters. The zero-order valence-electron chi connectivity index (χ0n) is 12.8. The van der Waals surface area contributed by atoms with Gasteiger partial charge < -0.3 is 4.90 Å². The van der Waals surface area contributed by atoms with Gasteiger partial charge in [-0.05, 0) is 48.2 Å². The summed E-state index contributed by atoms with van der Waals surface area (Å²) in [6, 6.07) is 13.4. The first kappa shape index (κ1) is 14.9. The minimum Gasteiger partial charge on any atom is -0.347 e. The molecule has 114 valence electrons. The van der Waals surface area contributed by atoms with Crippen LogP contribution in [0.25, 0.3) is 6.08 Å². The lowest BCUT2D eigenvalue weighted by atomic mass is 10.1. The van der Waals surface area contributed by atoms with Gasteiger partial charge in [-0.1, -0.05) is 30.3 Å². The molecule has 0 aliphatic carbocycles. The summed E-state index contributed by atoms with van der Waals surface area (Å²) in [5.41, 5.74) is 4.63. The van der Waals surface area contributed by atoms with Crippen LogP contribution in [0.5, 0.6) is 0 Å². The molecule has 0 spiro atoms. The zero-order valence-corrected chi connectivity index (χ0v) is 13.6. The normalized spacial score (nSPS) is 14.5. The van der Waals surface area contributed by atoms with Crippen molar-refractivity contribution in [3.05, 3.63) is 65.4 Å². The summed E-state index contributed by atoms with van der Waals surface area (Å²) in [7, 11) is -3.22. The molecule has 3 nitrogen and oxygen atoms in total. The van der Waals surface area contributed by atoms with E-state index < -0.39 is 9.84 Å². The van der Waals surface area contributed by atoms with E-state index in [1.54, 1.807) is 12.1 Å². The highest BCUT2D eigenvalue weighted by molar-refractivity contribution is 7.90. The molecule has 3 rings (SSSR count). The minimum absolute atomic E-state index is 0.370. The molecule has 1 aliphatic heterocycles. The van der Waals surface area contributed by atoms with E-state index in [9.17, 15) is 8.42 Å². The van der Waals surface area contributed by atoms with Gasteiger partial charge in [-0.3, -0.25) is 0 Å². The third-order valence-corrected chi connectivity index (χ3v) is 5.22. The molecule has 0 bridgehead atoms. The van der Waals surface area contributed by atoms with Crippen LogP contribution in [-0.4, -0.2) is 21.2 Å². The molecule has 0 unspecified atom stereocenters. The largest absolute Gasteiger partial charge is 0.347 e. The summed E-state index contributed by atoms with van der Waals surface area (Å²) in [5, 5.41) is 0. The van der Waals surface area contributed by atoms with Crippen molar-refractivity contribution in [1.29, 1.82) is 0 Å². The molecule has 0 amide bonds. The summed E-state index contributed by atoms with van der Waals surface area (Å²) >= 11 is 0. The fourth-order valence-corrected chi connectivity index (χ4v) is 3.80. The van der Waals surface area contributed by atoms with E-state index in [1.165, 1.54) is 23.1 Å². The number of nitrogens with zero attached hydrogens (tertiary/aromatic N) is 1. The first-order chi connectivity index (χ1) is 10.5. The van der Waals surface area contributed by atoms with E-state index in [1.807, 2.05) is 24.4 Å². The Kier molecular flexibility index (Phi) is 3.79. The van der Waals surface area contributed by atoms with Gasteiger partial charge in [0.1, 0.15) is 0 Å². The maximum Gasteiger partial charge on any atom is 0.176 e. The fourth-order valence-electron chi connectivity index (χ4n) is 2.91. The Morgan fingerprint density at radius 1 is 1.09 bits per heavy atom. The van der Waals surface area contributed by atoms with Crippen LogP contribution in [0.2, 0.25) is 0 Å². The van der Waals surface area contributed by atoms with Gasteiger partial charge in [0.05, 0.1) is 4.90 Å². The van der Waals surface area contributed by atoms with Crippen LogP contribution in [0.1, 0.15) is 16.7 Å². The molecule has 1 aliphatic rings.